The van der Waals surface area contributed by atoms with Gasteiger partial charge in [-0.3, -0.25) is 4.79 Å². The lowest BCUT2D eigenvalue weighted by atomic mass is 9.97. The summed E-state index contributed by atoms with van der Waals surface area (Å²) in [4.78, 5) is 36.6. The van der Waals surface area contributed by atoms with E-state index in [1.807, 2.05) is 50.2 Å². The monoisotopic (exact) mass is 466 g/mol. The largest absolute Gasteiger partial charge is 0.480 e. The fraction of sp³-hybridized carbons (Fsp3) is 0.444. The summed E-state index contributed by atoms with van der Waals surface area (Å²) >= 11 is 0. The maximum Gasteiger partial charge on any atom is 0.407 e. The summed E-state index contributed by atoms with van der Waals surface area (Å²) in [5.74, 6) is -1.37. The quantitative estimate of drug-likeness (QED) is 0.471. The van der Waals surface area contributed by atoms with Crippen molar-refractivity contribution in [2.45, 2.75) is 64.5 Å². The minimum Gasteiger partial charge on any atom is -0.480 e. The Kier molecular flexibility index (Phi) is 7.97. The number of nitrogens with one attached hydrogen (secondary N) is 2. The Bertz CT molecular complexity index is 1000. The maximum absolute atomic E-state index is 12.6. The van der Waals surface area contributed by atoms with E-state index in [4.69, 9.17) is 4.74 Å². The highest BCUT2D eigenvalue weighted by Crippen LogP contribution is 2.44. The normalized spacial score (nSPS) is 14.5. The smallest absolute Gasteiger partial charge is 0.407 e. The van der Waals surface area contributed by atoms with Gasteiger partial charge in [-0.05, 0) is 48.4 Å². The molecular formula is C27H34N2O5. The van der Waals surface area contributed by atoms with Crippen LogP contribution in [0.2, 0.25) is 0 Å². The molecule has 0 bridgehead atoms. The van der Waals surface area contributed by atoms with E-state index < -0.39 is 29.6 Å². The predicted molar refractivity (Wildman–Crippen MR) is 131 cm³/mol. The molecular weight excluding hydrogens is 432 g/mol. The van der Waals surface area contributed by atoms with Crippen LogP contribution in [0.15, 0.2) is 48.5 Å². The van der Waals surface area contributed by atoms with Crippen molar-refractivity contribution < 1.29 is 24.2 Å². The molecule has 0 saturated heterocycles. The molecule has 0 heterocycles. The summed E-state index contributed by atoms with van der Waals surface area (Å²) in [5.41, 5.74) is 3.63. The van der Waals surface area contributed by atoms with Gasteiger partial charge in [0, 0.05) is 17.9 Å². The van der Waals surface area contributed by atoms with Gasteiger partial charge in [0.1, 0.15) is 12.6 Å². The van der Waals surface area contributed by atoms with E-state index in [0.717, 1.165) is 28.7 Å². The second-order valence-electron chi connectivity index (χ2n) is 9.72. The number of alkyl carbamates (subject to hydrolysis) is 1. The Morgan fingerprint density at radius 3 is 2.12 bits per heavy atom. The van der Waals surface area contributed by atoms with Crippen LogP contribution >= 0.6 is 0 Å². The van der Waals surface area contributed by atoms with Gasteiger partial charge in [-0.1, -0.05) is 68.8 Å². The molecule has 0 aromatic heterocycles. The molecule has 2 aromatic rings. The number of carbonyl (C=O) groups excluding carboxylic acids is 2. The molecule has 0 saturated carbocycles. The Morgan fingerprint density at radius 1 is 1.03 bits per heavy atom. The molecule has 0 radical (unpaired) electrons. The second-order valence-corrected chi connectivity index (χ2v) is 9.72. The average molecular weight is 467 g/mol. The zero-order valence-corrected chi connectivity index (χ0v) is 20.3. The van der Waals surface area contributed by atoms with E-state index in [2.05, 4.69) is 22.8 Å². The van der Waals surface area contributed by atoms with Crippen molar-refractivity contribution in [1.29, 1.82) is 0 Å². The van der Waals surface area contributed by atoms with Crippen LogP contribution in [0, 0.1) is 5.92 Å². The van der Waals surface area contributed by atoms with E-state index in [9.17, 15) is 19.5 Å². The number of hydrogen-bond donors (Lipinski definition) is 3. The van der Waals surface area contributed by atoms with E-state index in [1.54, 1.807) is 13.8 Å². The van der Waals surface area contributed by atoms with Crippen molar-refractivity contribution >= 4 is 18.0 Å². The third-order valence-electron chi connectivity index (χ3n) is 6.35. The molecule has 3 rings (SSSR count). The van der Waals surface area contributed by atoms with Crippen LogP contribution in [-0.4, -0.2) is 41.3 Å². The third kappa shape index (κ3) is 6.16. The summed E-state index contributed by atoms with van der Waals surface area (Å²) < 4.78 is 5.57. The number of ether oxygens (including phenoxy) is 1. The van der Waals surface area contributed by atoms with Crippen molar-refractivity contribution in [3.8, 4) is 11.1 Å². The maximum atomic E-state index is 12.6. The first-order chi connectivity index (χ1) is 16.1. The Balaban J connectivity index is 1.56. The molecule has 3 N–H and O–H groups in total. The van der Waals surface area contributed by atoms with Gasteiger partial charge in [0.2, 0.25) is 5.91 Å². The number of carboxylic acid groups (broad SMARTS) is 1. The van der Waals surface area contributed by atoms with Crippen LogP contribution in [0.25, 0.3) is 11.1 Å². The molecule has 2 atom stereocenters. The average Bonchev–Trinajstić information content (AvgIpc) is 3.10. The van der Waals surface area contributed by atoms with E-state index in [0.29, 0.717) is 6.42 Å². The number of fused-ring (bicyclic) bond motifs is 3. The molecule has 2 amide bonds. The van der Waals surface area contributed by atoms with Crippen molar-refractivity contribution in [2.75, 3.05) is 6.61 Å². The minimum atomic E-state index is -1.06. The van der Waals surface area contributed by atoms with Crippen LogP contribution < -0.4 is 10.6 Å². The van der Waals surface area contributed by atoms with E-state index >= 15 is 0 Å². The lowest BCUT2D eigenvalue weighted by molar-refractivity contribution is -0.142. The number of benzene rings is 2. The third-order valence-corrected chi connectivity index (χ3v) is 6.35. The molecule has 1 aliphatic rings. The first-order valence-electron chi connectivity index (χ1n) is 11.8. The number of carbonyl (C=O) groups is 3. The van der Waals surface area contributed by atoms with Crippen molar-refractivity contribution in [2.24, 2.45) is 5.92 Å². The number of carboxylic acids is 1. The van der Waals surface area contributed by atoms with Gasteiger partial charge in [0.05, 0.1) is 0 Å². The fourth-order valence-corrected chi connectivity index (χ4v) is 4.39. The van der Waals surface area contributed by atoms with Gasteiger partial charge in [-0.25, -0.2) is 9.59 Å². The molecule has 0 spiro atoms. The van der Waals surface area contributed by atoms with E-state index in [1.165, 1.54) is 0 Å². The first kappa shape index (κ1) is 25.3. The molecule has 2 aromatic carbocycles. The number of hydrogen-bond acceptors (Lipinski definition) is 4. The Morgan fingerprint density at radius 2 is 1.59 bits per heavy atom. The summed E-state index contributed by atoms with van der Waals surface area (Å²) in [6.07, 6.45) is 0.502. The minimum absolute atomic E-state index is 0.0542. The zero-order chi connectivity index (χ0) is 24.9. The topological polar surface area (TPSA) is 105 Å². The van der Waals surface area contributed by atoms with Crippen LogP contribution in [-0.2, 0) is 14.3 Å². The summed E-state index contributed by atoms with van der Waals surface area (Å²) in [7, 11) is 0. The molecule has 0 fully saturated rings. The van der Waals surface area contributed by atoms with Crippen LogP contribution in [0.5, 0.6) is 0 Å². The molecule has 2 unspecified atom stereocenters. The first-order valence-corrected chi connectivity index (χ1v) is 11.8. The van der Waals surface area contributed by atoms with Gasteiger partial charge < -0.3 is 20.5 Å². The second kappa shape index (κ2) is 10.7. The van der Waals surface area contributed by atoms with Gasteiger partial charge in [0.15, 0.2) is 0 Å². The lowest BCUT2D eigenvalue weighted by Gasteiger charge is -2.27. The number of amides is 2. The number of aliphatic carboxylic acids is 1. The van der Waals surface area contributed by atoms with Crippen LogP contribution in [0.1, 0.15) is 64.0 Å². The van der Waals surface area contributed by atoms with Gasteiger partial charge >= 0.3 is 12.1 Å². The van der Waals surface area contributed by atoms with Crippen LogP contribution in [0.3, 0.4) is 0 Å². The van der Waals surface area contributed by atoms with Gasteiger partial charge in [0.25, 0.3) is 0 Å². The molecule has 7 nitrogen and oxygen atoms in total. The van der Waals surface area contributed by atoms with Crippen molar-refractivity contribution in [3.63, 3.8) is 0 Å². The fourth-order valence-electron chi connectivity index (χ4n) is 4.39. The predicted octanol–water partition coefficient (Wildman–Crippen LogP) is 4.70. The van der Waals surface area contributed by atoms with Gasteiger partial charge in [-0.15, -0.1) is 0 Å². The Hall–Kier alpha value is -3.35. The molecule has 34 heavy (non-hydrogen) atoms. The van der Waals surface area contributed by atoms with E-state index in [-0.39, 0.29) is 24.9 Å². The lowest BCUT2D eigenvalue weighted by Crippen LogP contribution is -2.49. The summed E-state index contributed by atoms with van der Waals surface area (Å²) in [5, 5.41) is 14.7. The summed E-state index contributed by atoms with van der Waals surface area (Å²) in [6.45, 7) is 7.52. The highest BCUT2D eigenvalue weighted by molar-refractivity contribution is 5.84. The highest BCUT2D eigenvalue weighted by Gasteiger charge is 2.31. The Labute approximate surface area is 200 Å². The van der Waals surface area contributed by atoms with Crippen molar-refractivity contribution in [1.82, 2.24) is 10.6 Å². The summed E-state index contributed by atoms with van der Waals surface area (Å²) in [6, 6.07) is 15.2. The van der Waals surface area contributed by atoms with Gasteiger partial charge in [-0.2, -0.15) is 0 Å². The zero-order valence-electron chi connectivity index (χ0n) is 20.3. The SMILES string of the molecule is CCC(C)CC(NC(=O)CC(C)(C)NC(=O)OCC1c2ccccc2-c2ccccc21)C(=O)O. The molecule has 0 aliphatic heterocycles. The van der Waals surface area contributed by atoms with Crippen LogP contribution in [0.4, 0.5) is 4.79 Å². The number of rotatable bonds is 10. The highest BCUT2D eigenvalue weighted by atomic mass is 16.5. The van der Waals surface area contributed by atoms with Crippen molar-refractivity contribution in [3.05, 3.63) is 59.7 Å². The molecule has 182 valence electrons. The molecule has 7 heteroatoms. The standard InChI is InChI=1S/C27H34N2O5/c1-5-17(2)14-23(25(31)32)28-24(30)15-27(3,4)29-26(33)34-16-22-20-12-8-6-10-18(20)19-11-7-9-13-21(19)22/h6-13,17,22-23H,5,14-16H2,1-4H3,(H,28,30)(H,29,33)(H,31,32). The molecule has 1 aliphatic carbocycles.